The largest absolute Gasteiger partial charge is 0.508 e. The Kier molecular flexibility index (Phi) is 3.51. The van der Waals surface area contributed by atoms with E-state index in [-0.39, 0.29) is 12.4 Å². The van der Waals surface area contributed by atoms with Crippen LogP contribution in [0.4, 0.5) is 0 Å². The molecule has 1 unspecified atom stereocenters. The van der Waals surface area contributed by atoms with Crippen molar-refractivity contribution in [1.82, 2.24) is 5.32 Å². The fraction of sp³-hybridized carbons (Fsp3) is 0.500. The summed E-state index contributed by atoms with van der Waals surface area (Å²) in [6.45, 7) is 1.48. The van der Waals surface area contributed by atoms with Gasteiger partial charge in [-0.05, 0) is 12.1 Å². The fourth-order valence-corrected chi connectivity index (χ4v) is 2.03. The van der Waals surface area contributed by atoms with Crippen LogP contribution >= 0.6 is 0 Å². The monoisotopic (exact) mass is 239 g/mol. The summed E-state index contributed by atoms with van der Waals surface area (Å²) in [5.41, 5.74) is 0.274. The lowest BCUT2D eigenvalue weighted by Gasteiger charge is -2.27. The van der Waals surface area contributed by atoms with Crippen molar-refractivity contribution in [3.8, 4) is 11.5 Å². The smallest absolute Gasteiger partial charge is 0.128 e. The summed E-state index contributed by atoms with van der Waals surface area (Å²) in [5.74, 6) is 0.776. The lowest BCUT2D eigenvalue weighted by atomic mass is 9.93. The van der Waals surface area contributed by atoms with Gasteiger partial charge in [-0.2, -0.15) is 0 Å². The second-order valence-corrected chi connectivity index (χ2v) is 4.13. The molecule has 1 aromatic carbocycles. The van der Waals surface area contributed by atoms with Gasteiger partial charge in [-0.25, -0.2) is 0 Å². The molecule has 0 aliphatic carbocycles. The van der Waals surface area contributed by atoms with Crippen molar-refractivity contribution < 1.29 is 19.7 Å². The summed E-state index contributed by atoms with van der Waals surface area (Å²) in [4.78, 5) is 0. The van der Waals surface area contributed by atoms with E-state index in [2.05, 4.69) is 5.32 Å². The predicted molar refractivity (Wildman–Crippen MR) is 62.2 cm³/mol. The van der Waals surface area contributed by atoms with Gasteiger partial charge in [0.25, 0.3) is 0 Å². The number of fused-ring (bicyclic) bond motifs is 1. The van der Waals surface area contributed by atoms with E-state index in [1.54, 1.807) is 25.3 Å². The molecule has 5 nitrogen and oxygen atoms in total. The summed E-state index contributed by atoms with van der Waals surface area (Å²) in [7, 11) is 1.63. The maximum absolute atomic E-state index is 9.59. The third kappa shape index (κ3) is 2.22. The van der Waals surface area contributed by atoms with Gasteiger partial charge >= 0.3 is 0 Å². The van der Waals surface area contributed by atoms with Gasteiger partial charge in [-0.3, -0.25) is 0 Å². The molecule has 0 radical (unpaired) electrons. The third-order valence-corrected chi connectivity index (χ3v) is 2.99. The number of rotatable bonds is 5. The first-order valence-corrected chi connectivity index (χ1v) is 5.53. The molecule has 0 saturated carbocycles. The summed E-state index contributed by atoms with van der Waals surface area (Å²) >= 11 is 0. The van der Waals surface area contributed by atoms with Gasteiger partial charge < -0.3 is 25.0 Å². The van der Waals surface area contributed by atoms with Crippen LogP contribution in [0.25, 0.3) is 0 Å². The highest BCUT2D eigenvalue weighted by molar-refractivity contribution is 5.47. The molecule has 5 heteroatoms. The zero-order valence-corrected chi connectivity index (χ0v) is 9.77. The SMILES string of the molecule is COCCNC1(CO)COc2cc(O)ccc21. The van der Waals surface area contributed by atoms with E-state index in [0.717, 1.165) is 5.56 Å². The molecule has 17 heavy (non-hydrogen) atoms. The number of ether oxygens (including phenoxy) is 2. The van der Waals surface area contributed by atoms with E-state index in [4.69, 9.17) is 9.47 Å². The molecule has 0 spiro atoms. The Labute approximate surface area is 100.0 Å². The van der Waals surface area contributed by atoms with Crippen molar-refractivity contribution in [2.75, 3.05) is 33.5 Å². The number of hydrogen-bond acceptors (Lipinski definition) is 5. The van der Waals surface area contributed by atoms with Crippen LogP contribution in [0, 0.1) is 0 Å². The molecule has 1 heterocycles. The highest BCUT2D eigenvalue weighted by atomic mass is 16.5. The normalized spacial score (nSPS) is 22.2. The van der Waals surface area contributed by atoms with Crippen molar-refractivity contribution in [1.29, 1.82) is 0 Å². The van der Waals surface area contributed by atoms with Crippen LogP contribution in [0.1, 0.15) is 5.56 Å². The number of benzene rings is 1. The van der Waals surface area contributed by atoms with Crippen molar-refractivity contribution in [3.63, 3.8) is 0 Å². The Morgan fingerprint density at radius 3 is 3.06 bits per heavy atom. The van der Waals surface area contributed by atoms with Crippen LogP contribution in [0.5, 0.6) is 11.5 Å². The molecule has 0 aromatic heterocycles. The van der Waals surface area contributed by atoms with E-state index < -0.39 is 5.54 Å². The Morgan fingerprint density at radius 2 is 2.35 bits per heavy atom. The van der Waals surface area contributed by atoms with Crippen LogP contribution in [-0.4, -0.2) is 43.7 Å². The molecule has 0 fully saturated rings. The average molecular weight is 239 g/mol. The van der Waals surface area contributed by atoms with Gasteiger partial charge in [0, 0.05) is 25.3 Å². The molecular weight excluding hydrogens is 222 g/mol. The number of aliphatic hydroxyl groups excluding tert-OH is 1. The molecule has 0 saturated heterocycles. The van der Waals surface area contributed by atoms with E-state index >= 15 is 0 Å². The number of phenols is 1. The quantitative estimate of drug-likeness (QED) is 0.641. The average Bonchev–Trinajstić information content (AvgIpc) is 2.68. The van der Waals surface area contributed by atoms with Gasteiger partial charge in [-0.1, -0.05) is 0 Å². The highest BCUT2D eigenvalue weighted by Crippen LogP contribution is 2.38. The standard InChI is InChI=1S/C12H17NO4/c1-16-5-4-13-12(7-14)8-17-11-6-9(15)2-3-10(11)12/h2-3,6,13-15H,4-5,7-8H2,1H3. The highest BCUT2D eigenvalue weighted by Gasteiger charge is 2.39. The number of aliphatic hydroxyl groups is 1. The molecule has 2 rings (SSSR count). The molecule has 1 aliphatic rings. The topological polar surface area (TPSA) is 71.0 Å². The minimum Gasteiger partial charge on any atom is -0.508 e. The fourth-order valence-electron chi connectivity index (χ4n) is 2.03. The maximum Gasteiger partial charge on any atom is 0.128 e. The molecule has 1 atom stereocenters. The van der Waals surface area contributed by atoms with Gasteiger partial charge in [0.2, 0.25) is 0 Å². The molecule has 0 amide bonds. The van der Waals surface area contributed by atoms with Crippen LogP contribution in [0.15, 0.2) is 18.2 Å². The molecule has 3 N–H and O–H groups in total. The molecule has 1 aromatic rings. The minimum atomic E-state index is -0.596. The minimum absolute atomic E-state index is 0.0610. The van der Waals surface area contributed by atoms with Gasteiger partial charge in [0.15, 0.2) is 0 Å². The van der Waals surface area contributed by atoms with Crippen LogP contribution in [0.3, 0.4) is 0 Å². The molecule has 0 bridgehead atoms. The second-order valence-electron chi connectivity index (χ2n) is 4.13. The van der Waals surface area contributed by atoms with Crippen LogP contribution < -0.4 is 10.1 Å². The van der Waals surface area contributed by atoms with Crippen molar-refractivity contribution >= 4 is 0 Å². The Balaban J connectivity index is 2.21. The van der Waals surface area contributed by atoms with Crippen molar-refractivity contribution in [3.05, 3.63) is 23.8 Å². The van der Waals surface area contributed by atoms with Crippen molar-refractivity contribution in [2.45, 2.75) is 5.54 Å². The summed E-state index contributed by atoms with van der Waals surface area (Å²) < 4.78 is 10.5. The van der Waals surface area contributed by atoms with Gasteiger partial charge in [0.05, 0.1) is 13.2 Å². The van der Waals surface area contributed by atoms with Gasteiger partial charge in [0.1, 0.15) is 23.6 Å². The van der Waals surface area contributed by atoms with E-state index in [1.165, 1.54) is 0 Å². The lowest BCUT2D eigenvalue weighted by molar-refractivity contribution is 0.115. The van der Waals surface area contributed by atoms with Gasteiger partial charge in [-0.15, -0.1) is 0 Å². The number of phenolic OH excluding ortho intramolecular Hbond substituents is 1. The molecular formula is C12H17NO4. The zero-order valence-electron chi connectivity index (χ0n) is 9.77. The number of aromatic hydroxyl groups is 1. The van der Waals surface area contributed by atoms with E-state index in [0.29, 0.717) is 25.5 Å². The lowest BCUT2D eigenvalue weighted by Crippen LogP contribution is -2.48. The Morgan fingerprint density at radius 1 is 1.53 bits per heavy atom. The first-order valence-electron chi connectivity index (χ1n) is 5.53. The summed E-state index contributed by atoms with van der Waals surface area (Å²) in [5, 5.41) is 22.2. The van der Waals surface area contributed by atoms with Crippen LogP contribution in [-0.2, 0) is 10.3 Å². The number of methoxy groups -OCH3 is 1. The number of hydrogen-bond donors (Lipinski definition) is 3. The van der Waals surface area contributed by atoms with E-state index in [1.807, 2.05) is 0 Å². The van der Waals surface area contributed by atoms with E-state index in [9.17, 15) is 10.2 Å². The summed E-state index contributed by atoms with van der Waals surface area (Å²) in [6, 6.07) is 4.92. The Bertz CT molecular complexity index is 396. The maximum atomic E-state index is 9.59. The predicted octanol–water partition coefficient (Wildman–Crippen LogP) is 0.208. The molecule has 94 valence electrons. The second kappa shape index (κ2) is 4.91. The van der Waals surface area contributed by atoms with Crippen LogP contribution in [0.2, 0.25) is 0 Å². The molecule has 1 aliphatic heterocycles. The zero-order chi connectivity index (χ0) is 12.3. The third-order valence-electron chi connectivity index (χ3n) is 2.99. The first kappa shape index (κ1) is 12.2. The number of nitrogens with one attached hydrogen (secondary N) is 1. The van der Waals surface area contributed by atoms with Crippen molar-refractivity contribution in [2.24, 2.45) is 0 Å². The first-order chi connectivity index (χ1) is 8.22. The Hall–Kier alpha value is -1.30. The summed E-state index contributed by atoms with van der Waals surface area (Å²) in [6.07, 6.45) is 0.